The topological polar surface area (TPSA) is 230 Å². The SMILES string of the molecule is C1=CCC=CC1.C1=CCCC=C1.O=c1cc(Br)cccc1O.O=c1ccc(Br)ccc1O.O=c1ccccc(Br)c1O.O=c1cccccc1O.OC1CC2C(CC1O)C2(Br)Br.OC1CCC2C(C1O)C2(Br)Br. The predicted octanol–water partition coefficient (Wildman–Crippen LogP) is 11.6. The Morgan fingerprint density at radius 1 is 0.438 bits per heavy atom. The van der Waals surface area contributed by atoms with Crippen LogP contribution in [0.15, 0.2) is 184 Å². The fourth-order valence-corrected chi connectivity index (χ4v) is 11.9. The van der Waals surface area contributed by atoms with Crippen molar-refractivity contribution in [2.75, 3.05) is 0 Å². The van der Waals surface area contributed by atoms with E-state index < -0.39 is 24.4 Å². The van der Waals surface area contributed by atoms with Crippen LogP contribution < -0.4 is 21.7 Å². The molecule has 394 valence electrons. The Morgan fingerprint density at radius 3 is 1.47 bits per heavy atom. The van der Waals surface area contributed by atoms with Crippen LogP contribution >= 0.6 is 112 Å². The highest BCUT2D eigenvalue weighted by Crippen LogP contribution is 2.68. The van der Waals surface area contributed by atoms with E-state index >= 15 is 0 Å². The molecule has 0 bridgehead atoms. The molecule has 8 unspecified atom stereocenters. The second kappa shape index (κ2) is 32.5. The van der Waals surface area contributed by atoms with Gasteiger partial charge in [0.25, 0.3) is 0 Å². The van der Waals surface area contributed by atoms with Crippen LogP contribution in [0.1, 0.15) is 51.4 Å². The average molecular weight is 1460 g/mol. The third-order valence-electron chi connectivity index (χ3n) is 11.5. The molecule has 0 radical (unpaired) electrons. The number of halogens is 7. The molecule has 0 heterocycles. The van der Waals surface area contributed by atoms with E-state index in [4.69, 9.17) is 20.4 Å². The normalized spacial score (nSPS) is 24.1. The van der Waals surface area contributed by atoms with Gasteiger partial charge in [0.05, 0.1) is 35.4 Å². The summed E-state index contributed by atoms with van der Waals surface area (Å²) in [4.78, 5) is 42.8. The third kappa shape index (κ3) is 22.6. The van der Waals surface area contributed by atoms with Gasteiger partial charge in [-0.3, -0.25) is 19.2 Å². The maximum Gasteiger partial charge on any atom is 0.221 e. The van der Waals surface area contributed by atoms with Crippen molar-refractivity contribution in [1.29, 1.82) is 0 Å². The lowest BCUT2D eigenvalue weighted by Crippen LogP contribution is -2.32. The van der Waals surface area contributed by atoms with E-state index in [-0.39, 0.29) is 57.1 Å². The number of aliphatic hydroxyl groups excluding tert-OH is 4. The van der Waals surface area contributed by atoms with E-state index in [1.807, 2.05) is 0 Å². The van der Waals surface area contributed by atoms with E-state index in [2.05, 4.69) is 160 Å². The summed E-state index contributed by atoms with van der Waals surface area (Å²) in [6.45, 7) is 0. The van der Waals surface area contributed by atoms with Crippen molar-refractivity contribution in [3.05, 3.63) is 206 Å². The number of aromatic hydroxyl groups is 4. The van der Waals surface area contributed by atoms with Crippen molar-refractivity contribution in [1.82, 2.24) is 0 Å². The minimum absolute atomic E-state index is 0.0124. The van der Waals surface area contributed by atoms with E-state index in [1.54, 1.807) is 60.7 Å². The highest BCUT2D eigenvalue weighted by atomic mass is 79.9. The van der Waals surface area contributed by atoms with E-state index in [0.29, 0.717) is 39.5 Å². The van der Waals surface area contributed by atoms with Crippen LogP contribution in [0, 0.1) is 23.7 Å². The average Bonchev–Trinajstić information content (AvgIpc) is 4.24. The summed E-state index contributed by atoms with van der Waals surface area (Å²) in [6, 6.07) is 25.5. The summed E-state index contributed by atoms with van der Waals surface area (Å²) in [5, 5.41) is 73.0. The standard InChI is InChI=1S/2C7H10Br2O2.3C7H5BrO2.C7H6O2.2C6H8/c8-7(9)3-1-5(10)6(11)2-4(3)7;8-7(9)3-1-2-4(10)6(11)5(3)7;8-5-1-3-6(9)7(10)4-2-5;8-5-2-1-3-6(9)7(10)4-5;8-5-3-1-2-4-6(9)7(5)10;8-6-4-2-1-3-5-7(6)9;2*1-2-4-6-5-3-1/h2*3-6,10-11H,1-2H2;3*1-4H,(H,9,10);1-5H,(H,8,9);1-2,5-6H,3-4H2;1-4H,5-6H2. The summed E-state index contributed by atoms with van der Waals surface area (Å²) in [6.07, 6.45) is 23.0. The van der Waals surface area contributed by atoms with Crippen LogP contribution in [0.2, 0.25) is 0 Å². The first-order valence-electron chi connectivity index (χ1n) is 22.8. The molecule has 4 aromatic carbocycles. The molecule has 19 heteroatoms. The molecule has 0 saturated heterocycles. The fourth-order valence-electron chi connectivity index (χ4n) is 7.21. The number of aliphatic hydroxyl groups is 4. The molecule has 8 atom stereocenters. The van der Waals surface area contributed by atoms with Gasteiger partial charge in [0.2, 0.25) is 21.7 Å². The minimum atomic E-state index is -0.549. The van der Waals surface area contributed by atoms with Crippen molar-refractivity contribution >= 4 is 112 Å². The molecule has 6 aliphatic rings. The quantitative estimate of drug-likeness (QED) is 0.0607. The van der Waals surface area contributed by atoms with Gasteiger partial charge in [-0.05, 0) is 146 Å². The number of hydrogen-bond donors (Lipinski definition) is 8. The van der Waals surface area contributed by atoms with E-state index in [0.717, 1.165) is 30.2 Å². The molecule has 4 fully saturated rings. The molecule has 10 rings (SSSR count). The van der Waals surface area contributed by atoms with Crippen LogP contribution in [0.25, 0.3) is 0 Å². The lowest BCUT2D eigenvalue weighted by molar-refractivity contribution is -0.0173. The van der Waals surface area contributed by atoms with Crippen molar-refractivity contribution in [2.24, 2.45) is 23.7 Å². The summed E-state index contributed by atoms with van der Waals surface area (Å²) in [7, 11) is 0. The zero-order valence-electron chi connectivity index (χ0n) is 39.1. The Hall–Kier alpha value is -3.08. The molecule has 0 amide bonds. The summed E-state index contributed by atoms with van der Waals surface area (Å²) < 4.78 is 1.78. The van der Waals surface area contributed by atoms with E-state index in [9.17, 15) is 39.6 Å². The molecular weight excluding hydrogens is 1400 g/mol. The maximum absolute atomic E-state index is 10.8. The molecule has 4 saturated carbocycles. The van der Waals surface area contributed by atoms with Crippen LogP contribution in [-0.4, -0.2) is 71.7 Å². The van der Waals surface area contributed by atoms with Gasteiger partial charge in [0.15, 0.2) is 23.0 Å². The number of allylic oxidation sites excluding steroid dienone is 8. The Kier molecular flexibility index (Phi) is 28.6. The number of hydrogen-bond acceptors (Lipinski definition) is 12. The Bertz CT molecular complexity index is 2710. The molecule has 6 aliphatic carbocycles. The van der Waals surface area contributed by atoms with Gasteiger partial charge in [-0.25, -0.2) is 0 Å². The third-order valence-corrected chi connectivity index (χ3v) is 17.7. The first kappa shape index (κ1) is 64.2. The highest BCUT2D eigenvalue weighted by molar-refractivity contribution is 9.26. The Labute approximate surface area is 482 Å². The molecular formula is C54H57Br7O12. The smallest absolute Gasteiger partial charge is 0.221 e. The van der Waals surface area contributed by atoms with Gasteiger partial charge >= 0.3 is 0 Å². The second-order valence-corrected chi connectivity index (χ2v) is 26.9. The van der Waals surface area contributed by atoms with Crippen LogP contribution in [-0.2, 0) is 0 Å². The lowest BCUT2D eigenvalue weighted by Gasteiger charge is -2.21. The Balaban J connectivity index is 0.000000222. The molecule has 12 nitrogen and oxygen atoms in total. The fraction of sp³-hybridized carbons (Fsp3) is 0.333. The van der Waals surface area contributed by atoms with Crippen LogP contribution in [0.4, 0.5) is 0 Å². The maximum atomic E-state index is 10.8. The summed E-state index contributed by atoms with van der Waals surface area (Å²) in [5.74, 6) is 0.787. The minimum Gasteiger partial charge on any atom is -0.504 e. The Morgan fingerprint density at radius 2 is 0.918 bits per heavy atom. The summed E-state index contributed by atoms with van der Waals surface area (Å²) >= 11 is 23.3. The van der Waals surface area contributed by atoms with Gasteiger partial charge < -0.3 is 40.9 Å². The van der Waals surface area contributed by atoms with Crippen LogP contribution in [0.3, 0.4) is 0 Å². The van der Waals surface area contributed by atoms with Crippen molar-refractivity contribution in [3.8, 4) is 23.0 Å². The largest absolute Gasteiger partial charge is 0.504 e. The molecule has 8 N–H and O–H groups in total. The molecule has 0 spiro atoms. The first-order valence-corrected chi connectivity index (χ1v) is 28.4. The molecule has 73 heavy (non-hydrogen) atoms. The van der Waals surface area contributed by atoms with Crippen molar-refractivity contribution < 1.29 is 40.9 Å². The predicted molar refractivity (Wildman–Crippen MR) is 313 cm³/mol. The first-order chi connectivity index (χ1) is 34.5. The highest BCUT2D eigenvalue weighted by Gasteiger charge is 2.67. The number of fused-ring (bicyclic) bond motifs is 2. The van der Waals surface area contributed by atoms with Crippen LogP contribution in [0.5, 0.6) is 23.0 Å². The van der Waals surface area contributed by atoms with Gasteiger partial charge in [0.1, 0.15) is 0 Å². The molecule has 0 aliphatic heterocycles. The van der Waals surface area contributed by atoms with Crippen molar-refractivity contribution in [2.45, 2.75) is 82.2 Å². The number of rotatable bonds is 0. The van der Waals surface area contributed by atoms with Crippen molar-refractivity contribution in [3.63, 3.8) is 0 Å². The zero-order chi connectivity index (χ0) is 54.3. The van der Waals surface area contributed by atoms with Gasteiger partial charge in [-0.2, -0.15) is 0 Å². The monoisotopic (exact) mass is 1450 g/mol. The second-order valence-electron chi connectivity index (χ2n) is 16.8. The number of alkyl halides is 4. The zero-order valence-corrected chi connectivity index (χ0v) is 50.2. The summed E-state index contributed by atoms with van der Waals surface area (Å²) in [5.41, 5.74) is -1.47. The van der Waals surface area contributed by atoms with Gasteiger partial charge in [-0.1, -0.05) is 181 Å². The van der Waals surface area contributed by atoms with Gasteiger partial charge in [-0.15, -0.1) is 0 Å². The lowest BCUT2D eigenvalue weighted by atomic mass is 9.95. The van der Waals surface area contributed by atoms with E-state index in [1.165, 1.54) is 55.3 Å². The molecule has 0 aromatic heterocycles. The van der Waals surface area contributed by atoms with Gasteiger partial charge in [0, 0.05) is 20.9 Å². The molecule has 4 aromatic rings.